The quantitative estimate of drug-likeness (QED) is 0.502. The average Bonchev–Trinajstić information content (AvgIpc) is 3.06. The zero-order valence-corrected chi connectivity index (χ0v) is 13.4. The van der Waals surface area contributed by atoms with Crippen LogP contribution in [0.5, 0.6) is 0 Å². The molecule has 0 bridgehead atoms. The number of hydrogen-bond donors (Lipinski definition) is 1. The summed E-state index contributed by atoms with van der Waals surface area (Å²) in [5.74, 6) is -0.0247. The predicted octanol–water partition coefficient (Wildman–Crippen LogP) is 5.30. The maximum Gasteiger partial charge on any atom is 0.187 e. The zero-order chi connectivity index (χ0) is 15.4. The molecule has 3 rings (SSSR count). The molecule has 108 valence electrons. The number of allylic oxidation sites excluding steroid dienone is 1. The van der Waals surface area contributed by atoms with Crippen molar-refractivity contribution >= 4 is 26.2 Å². The van der Waals surface area contributed by atoms with Gasteiger partial charge in [-0.25, -0.2) is 0 Å². The molecule has 0 aliphatic rings. The number of benzene rings is 2. The maximum absolute atomic E-state index is 12.2. The van der Waals surface area contributed by atoms with E-state index >= 15 is 0 Å². The first-order valence-corrected chi connectivity index (χ1v) is 7.75. The fraction of sp³-hybridized carbons (Fsp3) is 0. The minimum Gasteiger partial charge on any atom is -0.354 e. The molecule has 0 atom stereocenters. The van der Waals surface area contributed by atoms with E-state index < -0.39 is 0 Å². The summed E-state index contributed by atoms with van der Waals surface area (Å²) in [7, 11) is 0. The van der Waals surface area contributed by atoms with Crippen molar-refractivity contribution < 1.29 is 4.79 Å². The van der Waals surface area contributed by atoms with Gasteiger partial charge in [-0.2, -0.15) is 0 Å². The van der Waals surface area contributed by atoms with Crippen LogP contribution in [0.25, 0.3) is 15.7 Å². The van der Waals surface area contributed by atoms with Crippen LogP contribution in [-0.4, -0.2) is 10.8 Å². The van der Waals surface area contributed by atoms with Gasteiger partial charge >= 0.3 is 0 Å². The number of carbonyl (C=O) groups is 1. The highest BCUT2D eigenvalue weighted by atomic mass is 79.9. The largest absolute Gasteiger partial charge is 0.354 e. The lowest BCUT2D eigenvalue weighted by atomic mass is 10.1. The molecule has 3 heteroatoms. The maximum atomic E-state index is 12.2. The van der Waals surface area contributed by atoms with Crippen molar-refractivity contribution in [3.8, 4) is 11.3 Å². The van der Waals surface area contributed by atoms with E-state index in [-0.39, 0.29) is 5.78 Å². The van der Waals surface area contributed by atoms with Crippen LogP contribution in [0.1, 0.15) is 16.1 Å². The highest BCUT2D eigenvalue weighted by Crippen LogP contribution is 2.25. The van der Waals surface area contributed by atoms with Gasteiger partial charge in [-0.3, -0.25) is 4.79 Å². The third-order valence-corrected chi connectivity index (χ3v) is 4.00. The van der Waals surface area contributed by atoms with Gasteiger partial charge in [0.05, 0.1) is 5.69 Å². The van der Waals surface area contributed by atoms with Crippen LogP contribution in [0.4, 0.5) is 0 Å². The summed E-state index contributed by atoms with van der Waals surface area (Å²) in [5.41, 5.74) is 3.69. The van der Waals surface area contributed by atoms with Crippen LogP contribution < -0.4 is 0 Å². The summed E-state index contributed by atoms with van der Waals surface area (Å²) in [5, 5.41) is 0. The Balaban J connectivity index is 1.84. The van der Waals surface area contributed by atoms with Gasteiger partial charge in [-0.05, 0) is 33.6 Å². The summed E-state index contributed by atoms with van der Waals surface area (Å²) in [6, 6.07) is 23.3. The lowest BCUT2D eigenvalue weighted by Gasteiger charge is -1.99. The van der Waals surface area contributed by atoms with E-state index in [1.165, 1.54) is 0 Å². The van der Waals surface area contributed by atoms with Crippen LogP contribution in [0.15, 0.2) is 78.9 Å². The molecule has 2 nitrogen and oxygen atoms in total. The second-order valence-corrected chi connectivity index (χ2v) is 5.73. The summed E-state index contributed by atoms with van der Waals surface area (Å²) < 4.78 is 0.739. The standard InChI is InChI=1S/C19H14BrNO/c20-16(13-19(22)15-9-5-2-6-10-15)18-12-11-17(21-18)14-7-3-1-4-8-14/h1-13,21H/b16-13+. The average molecular weight is 352 g/mol. The number of halogens is 1. The number of ketones is 1. The zero-order valence-electron chi connectivity index (χ0n) is 11.8. The Labute approximate surface area is 137 Å². The molecule has 0 fully saturated rings. The molecular weight excluding hydrogens is 338 g/mol. The van der Waals surface area contributed by atoms with Crippen molar-refractivity contribution in [3.05, 3.63) is 90.1 Å². The smallest absolute Gasteiger partial charge is 0.187 e. The first-order chi connectivity index (χ1) is 10.7. The van der Waals surface area contributed by atoms with Gasteiger partial charge in [0.2, 0.25) is 0 Å². The van der Waals surface area contributed by atoms with Crippen molar-refractivity contribution in [2.75, 3.05) is 0 Å². The fourth-order valence-electron chi connectivity index (χ4n) is 2.20. The second-order valence-electron chi connectivity index (χ2n) is 4.87. The number of nitrogens with one attached hydrogen (secondary N) is 1. The van der Waals surface area contributed by atoms with Crippen molar-refractivity contribution in [3.63, 3.8) is 0 Å². The number of aromatic amines is 1. The SMILES string of the molecule is O=C(/C=C(/Br)c1ccc(-c2ccccc2)[nH]1)c1ccccc1. The van der Waals surface area contributed by atoms with Crippen LogP contribution >= 0.6 is 15.9 Å². The second kappa shape index (κ2) is 6.58. The topological polar surface area (TPSA) is 32.9 Å². The van der Waals surface area contributed by atoms with Gasteiger partial charge in [-0.1, -0.05) is 60.7 Å². The number of hydrogen-bond acceptors (Lipinski definition) is 1. The van der Waals surface area contributed by atoms with Crippen LogP contribution in [-0.2, 0) is 0 Å². The molecule has 1 N–H and O–H groups in total. The fourth-order valence-corrected chi connectivity index (χ4v) is 2.64. The van der Waals surface area contributed by atoms with E-state index in [0.29, 0.717) is 5.56 Å². The molecule has 0 aliphatic carbocycles. The minimum absolute atomic E-state index is 0.0247. The van der Waals surface area contributed by atoms with Gasteiger partial charge in [0, 0.05) is 21.8 Å². The number of aromatic nitrogens is 1. The molecule has 0 amide bonds. The summed E-state index contributed by atoms with van der Waals surface area (Å²) in [6.45, 7) is 0. The third kappa shape index (κ3) is 3.26. The normalized spacial score (nSPS) is 11.4. The van der Waals surface area contributed by atoms with Gasteiger partial charge in [0.15, 0.2) is 5.78 Å². The molecule has 0 saturated heterocycles. The molecule has 0 spiro atoms. The highest BCUT2D eigenvalue weighted by Gasteiger charge is 2.07. The molecule has 22 heavy (non-hydrogen) atoms. The Morgan fingerprint density at radius 3 is 2.18 bits per heavy atom. The lowest BCUT2D eigenvalue weighted by Crippen LogP contribution is -1.94. The summed E-state index contributed by atoms with van der Waals surface area (Å²) in [6.07, 6.45) is 1.59. The summed E-state index contributed by atoms with van der Waals surface area (Å²) >= 11 is 3.48. The Hall–Kier alpha value is -2.39. The monoisotopic (exact) mass is 351 g/mol. The van der Waals surface area contributed by atoms with Gasteiger partial charge in [0.25, 0.3) is 0 Å². The molecular formula is C19H14BrNO. The molecule has 0 unspecified atom stereocenters. The third-order valence-electron chi connectivity index (χ3n) is 3.34. The number of carbonyl (C=O) groups excluding carboxylic acids is 1. The predicted molar refractivity (Wildman–Crippen MR) is 93.9 cm³/mol. The van der Waals surface area contributed by atoms with Crippen molar-refractivity contribution in [2.45, 2.75) is 0 Å². The van der Waals surface area contributed by atoms with Crippen molar-refractivity contribution in [1.29, 1.82) is 0 Å². The van der Waals surface area contributed by atoms with Gasteiger partial charge < -0.3 is 4.98 Å². The van der Waals surface area contributed by atoms with Gasteiger partial charge in [-0.15, -0.1) is 0 Å². The molecule has 0 aliphatic heterocycles. The number of H-pyrrole nitrogens is 1. The Morgan fingerprint density at radius 2 is 1.50 bits per heavy atom. The van der Waals surface area contributed by atoms with Crippen molar-refractivity contribution in [2.24, 2.45) is 0 Å². The molecule has 0 radical (unpaired) electrons. The molecule has 3 aromatic rings. The van der Waals surface area contributed by atoms with E-state index in [9.17, 15) is 4.79 Å². The van der Waals surface area contributed by atoms with E-state index in [1.807, 2.05) is 72.8 Å². The lowest BCUT2D eigenvalue weighted by molar-refractivity contribution is 0.104. The molecule has 2 aromatic carbocycles. The highest BCUT2D eigenvalue weighted by molar-refractivity contribution is 9.15. The van der Waals surface area contributed by atoms with E-state index in [2.05, 4.69) is 20.9 Å². The van der Waals surface area contributed by atoms with Gasteiger partial charge in [0.1, 0.15) is 0 Å². The Bertz CT molecular complexity index is 804. The van der Waals surface area contributed by atoms with Crippen molar-refractivity contribution in [1.82, 2.24) is 4.98 Å². The first-order valence-electron chi connectivity index (χ1n) is 6.95. The number of rotatable bonds is 4. The summed E-state index contributed by atoms with van der Waals surface area (Å²) in [4.78, 5) is 15.5. The molecule has 0 saturated carbocycles. The van der Waals surface area contributed by atoms with E-state index in [0.717, 1.165) is 21.4 Å². The van der Waals surface area contributed by atoms with E-state index in [4.69, 9.17) is 0 Å². The molecule has 1 heterocycles. The Morgan fingerprint density at radius 1 is 0.864 bits per heavy atom. The Kier molecular flexibility index (Phi) is 4.35. The van der Waals surface area contributed by atoms with Crippen LogP contribution in [0.2, 0.25) is 0 Å². The minimum atomic E-state index is -0.0247. The first kappa shape index (κ1) is 14.5. The van der Waals surface area contributed by atoms with Crippen LogP contribution in [0.3, 0.4) is 0 Å². The molecule has 1 aromatic heterocycles. The van der Waals surface area contributed by atoms with E-state index in [1.54, 1.807) is 6.08 Å². The van der Waals surface area contributed by atoms with Crippen LogP contribution in [0, 0.1) is 0 Å².